The predicted molar refractivity (Wildman–Crippen MR) is 80.6 cm³/mol. The van der Waals surface area contributed by atoms with Gasteiger partial charge < -0.3 is 11.1 Å². The van der Waals surface area contributed by atoms with Gasteiger partial charge in [0, 0.05) is 17.6 Å². The van der Waals surface area contributed by atoms with Crippen molar-refractivity contribution in [1.29, 1.82) is 0 Å². The number of rotatable bonds is 3. The third-order valence-corrected chi connectivity index (χ3v) is 3.09. The van der Waals surface area contributed by atoms with Gasteiger partial charge in [-0.15, -0.1) is 0 Å². The Kier molecular flexibility index (Phi) is 4.13. The van der Waals surface area contributed by atoms with Crippen molar-refractivity contribution < 1.29 is 4.79 Å². The number of aromatic amines is 1. The van der Waals surface area contributed by atoms with E-state index in [1.54, 1.807) is 18.2 Å². The summed E-state index contributed by atoms with van der Waals surface area (Å²) < 4.78 is 1.01. The molecule has 0 saturated carbocycles. The van der Waals surface area contributed by atoms with Crippen LogP contribution in [0.15, 0.2) is 34.0 Å². The number of nitrogens with one attached hydrogen (secondary N) is 2. The van der Waals surface area contributed by atoms with Crippen molar-refractivity contribution in [1.82, 2.24) is 9.55 Å². The SMILES string of the molecule is Cc1ccc(N)cc1NC(=O)Cn1cc(Cl)c(=O)[nH]c1=O. The lowest BCUT2D eigenvalue weighted by Crippen LogP contribution is -2.33. The number of anilines is 2. The summed E-state index contributed by atoms with van der Waals surface area (Å²) >= 11 is 5.62. The summed E-state index contributed by atoms with van der Waals surface area (Å²) in [6, 6.07) is 5.11. The van der Waals surface area contributed by atoms with Gasteiger partial charge in [-0.25, -0.2) is 4.79 Å². The molecule has 0 atom stereocenters. The number of nitrogens with zero attached hydrogens (tertiary/aromatic N) is 1. The largest absolute Gasteiger partial charge is 0.399 e. The molecule has 21 heavy (non-hydrogen) atoms. The number of aryl methyl sites for hydroxylation is 1. The Morgan fingerprint density at radius 1 is 1.43 bits per heavy atom. The average Bonchev–Trinajstić information content (AvgIpc) is 2.40. The molecule has 1 aromatic carbocycles. The highest BCUT2D eigenvalue weighted by atomic mass is 35.5. The molecule has 2 aromatic rings. The molecule has 110 valence electrons. The minimum atomic E-state index is -0.705. The number of amides is 1. The molecule has 0 unspecified atom stereocenters. The van der Waals surface area contributed by atoms with Crippen LogP contribution >= 0.6 is 11.6 Å². The number of benzene rings is 1. The van der Waals surface area contributed by atoms with Crippen molar-refractivity contribution in [2.24, 2.45) is 0 Å². The molecule has 2 rings (SSSR count). The summed E-state index contributed by atoms with van der Waals surface area (Å²) in [5.74, 6) is -0.436. The zero-order valence-corrected chi connectivity index (χ0v) is 11.9. The number of halogens is 1. The molecule has 1 amide bonds. The van der Waals surface area contributed by atoms with Gasteiger partial charge in [-0.05, 0) is 24.6 Å². The quantitative estimate of drug-likeness (QED) is 0.726. The number of hydrogen-bond donors (Lipinski definition) is 3. The zero-order chi connectivity index (χ0) is 15.6. The number of hydrogen-bond acceptors (Lipinski definition) is 4. The van der Waals surface area contributed by atoms with Gasteiger partial charge in [0.25, 0.3) is 5.56 Å². The van der Waals surface area contributed by atoms with E-state index < -0.39 is 17.2 Å². The van der Waals surface area contributed by atoms with E-state index in [-0.39, 0.29) is 11.6 Å². The molecule has 0 spiro atoms. The first-order chi connectivity index (χ1) is 9.86. The highest BCUT2D eigenvalue weighted by Crippen LogP contribution is 2.17. The molecule has 1 heterocycles. The molecule has 0 aliphatic heterocycles. The predicted octanol–water partition coefficient (Wildman–Crippen LogP) is 0.719. The van der Waals surface area contributed by atoms with Crippen LogP contribution in [0.1, 0.15) is 5.56 Å². The van der Waals surface area contributed by atoms with E-state index in [1.165, 1.54) is 0 Å². The standard InChI is InChI=1S/C13H13ClN4O3/c1-7-2-3-8(15)4-10(7)16-11(19)6-18-5-9(14)12(20)17-13(18)21/h2-5H,6,15H2,1H3,(H,16,19)(H,17,20,21). The molecule has 0 aliphatic rings. The van der Waals surface area contributed by atoms with Crippen molar-refractivity contribution in [3.63, 3.8) is 0 Å². The number of aromatic nitrogens is 2. The molecule has 8 heteroatoms. The van der Waals surface area contributed by atoms with Gasteiger partial charge in [0.15, 0.2) is 0 Å². The Morgan fingerprint density at radius 3 is 2.86 bits per heavy atom. The lowest BCUT2D eigenvalue weighted by Gasteiger charge is -2.10. The van der Waals surface area contributed by atoms with Crippen LogP contribution in [0.3, 0.4) is 0 Å². The van der Waals surface area contributed by atoms with Crippen molar-refractivity contribution >= 4 is 28.9 Å². The van der Waals surface area contributed by atoms with Crippen molar-refractivity contribution in [3.05, 3.63) is 55.8 Å². The maximum Gasteiger partial charge on any atom is 0.328 e. The van der Waals surface area contributed by atoms with E-state index in [2.05, 4.69) is 5.32 Å². The smallest absolute Gasteiger partial charge is 0.328 e. The third kappa shape index (κ3) is 3.51. The fourth-order valence-electron chi connectivity index (χ4n) is 1.72. The number of nitrogen functional groups attached to an aromatic ring is 1. The summed E-state index contributed by atoms with van der Waals surface area (Å²) in [7, 11) is 0. The number of carbonyl (C=O) groups excluding carboxylic acids is 1. The molecule has 0 fully saturated rings. The highest BCUT2D eigenvalue weighted by Gasteiger charge is 2.09. The second kappa shape index (κ2) is 5.84. The number of H-pyrrole nitrogens is 1. The fraction of sp³-hybridized carbons (Fsp3) is 0.154. The van der Waals surface area contributed by atoms with Gasteiger partial charge >= 0.3 is 5.69 Å². The van der Waals surface area contributed by atoms with Gasteiger partial charge in [-0.3, -0.25) is 19.1 Å². The molecule has 0 radical (unpaired) electrons. The zero-order valence-electron chi connectivity index (χ0n) is 11.1. The summed E-state index contributed by atoms with van der Waals surface area (Å²) in [5.41, 5.74) is 6.17. The molecule has 0 aliphatic carbocycles. The van der Waals surface area contributed by atoms with Crippen molar-refractivity contribution in [2.45, 2.75) is 13.5 Å². The monoisotopic (exact) mass is 308 g/mol. The molecule has 0 saturated heterocycles. The lowest BCUT2D eigenvalue weighted by molar-refractivity contribution is -0.116. The van der Waals surface area contributed by atoms with E-state index >= 15 is 0 Å². The van der Waals surface area contributed by atoms with Crippen molar-refractivity contribution in [2.75, 3.05) is 11.1 Å². The van der Waals surface area contributed by atoms with Crippen LogP contribution in [0.4, 0.5) is 11.4 Å². The van der Waals surface area contributed by atoms with E-state index in [4.69, 9.17) is 17.3 Å². The lowest BCUT2D eigenvalue weighted by atomic mass is 10.2. The highest BCUT2D eigenvalue weighted by molar-refractivity contribution is 6.30. The molecule has 0 bridgehead atoms. The Hall–Kier alpha value is -2.54. The molecular formula is C13H13ClN4O3. The summed E-state index contributed by atoms with van der Waals surface area (Å²) in [6.07, 6.45) is 1.12. The maximum atomic E-state index is 11.9. The minimum Gasteiger partial charge on any atom is -0.399 e. The Balaban J connectivity index is 2.19. The summed E-state index contributed by atoms with van der Waals surface area (Å²) in [6.45, 7) is 1.54. The van der Waals surface area contributed by atoms with Crippen LogP contribution in [0, 0.1) is 6.92 Å². The second-order valence-corrected chi connectivity index (χ2v) is 4.89. The second-order valence-electron chi connectivity index (χ2n) is 4.49. The fourth-order valence-corrected chi connectivity index (χ4v) is 1.88. The van der Waals surface area contributed by atoms with Crippen LogP contribution < -0.4 is 22.3 Å². The van der Waals surface area contributed by atoms with Gasteiger partial charge in [0.05, 0.1) is 0 Å². The van der Waals surface area contributed by atoms with Crippen LogP contribution in [0.25, 0.3) is 0 Å². The normalized spacial score (nSPS) is 10.4. The number of nitrogens with two attached hydrogens (primary N) is 1. The van der Waals surface area contributed by atoms with Crippen LogP contribution in [0.2, 0.25) is 5.02 Å². The average molecular weight is 309 g/mol. The molecular weight excluding hydrogens is 296 g/mol. The molecule has 7 nitrogen and oxygen atoms in total. The molecule has 4 N–H and O–H groups in total. The van der Waals surface area contributed by atoms with Gasteiger partial charge in [-0.1, -0.05) is 17.7 Å². The Bertz CT molecular complexity index is 810. The Morgan fingerprint density at radius 2 is 2.14 bits per heavy atom. The third-order valence-electron chi connectivity index (χ3n) is 2.82. The van der Waals surface area contributed by atoms with Gasteiger partial charge in [0.2, 0.25) is 5.91 Å². The van der Waals surface area contributed by atoms with Crippen LogP contribution in [-0.4, -0.2) is 15.5 Å². The van der Waals surface area contributed by atoms with Crippen LogP contribution in [-0.2, 0) is 11.3 Å². The van der Waals surface area contributed by atoms with E-state index in [0.717, 1.165) is 16.3 Å². The first-order valence-electron chi connectivity index (χ1n) is 6.02. The Labute approximate surface area is 124 Å². The maximum absolute atomic E-state index is 11.9. The number of carbonyl (C=O) groups is 1. The van der Waals surface area contributed by atoms with Gasteiger partial charge in [-0.2, -0.15) is 0 Å². The minimum absolute atomic E-state index is 0.164. The summed E-state index contributed by atoms with van der Waals surface area (Å²) in [5, 5.41) is 2.48. The van der Waals surface area contributed by atoms with Crippen molar-refractivity contribution in [3.8, 4) is 0 Å². The topological polar surface area (TPSA) is 110 Å². The summed E-state index contributed by atoms with van der Waals surface area (Å²) in [4.78, 5) is 36.6. The van der Waals surface area contributed by atoms with Crippen LogP contribution in [0.5, 0.6) is 0 Å². The van der Waals surface area contributed by atoms with E-state index in [0.29, 0.717) is 11.4 Å². The van der Waals surface area contributed by atoms with E-state index in [9.17, 15) is 14.4 Å². The first-order valence-corrected chi connectivity index (χ1v) is 6.40. The van der Waals surface area contributed by atoms with Gasteiger partial charge in [0.1, 0.15) is 11.6 Å². The first kappa shape index (κ1) is 14.9. The molecule has 1 aromatic heterocycles. The van der Waals surface area contributed by atoms with E-state index in [1.807, 2.05) is 11.9 Å².